The summed E-state index contributed by atoms with van der Waals surface area (Å²) in [5, 5.41) is 3.13. The van der Waals surface area contributed by atoms with Gasteiger partial charge in [-0.1, -0.05) is 18.5 Å². The number of carbonyl (C=O) groups excluding carboxylic acids is 1. The smallest absolute Gasteiger partial charge is 0.271 e. The predicted octanol–water partition coefficient (Wildman–Crippen LogP) is 1.66. The number of aromatic nitrogens is 2. The highest BCUT2D eigenvalue weighted by atomic mass is 35.5. The summed E-state index contributed by atoms with van der Waals surface area (Å²) in [6, 6.07) is 0. The molecule has 15 heavy (non-hydrogen) atoms. The van der Waals surface area contributed by atoms with Crippen LogP contribution in [-0.4, -0.2) is 22.4 Å². The first-order valence-corrected chi connectivity index (χ1v) is 5.23. The molecule has 1 aromatic rings. The lowest BCUT2D eigenvalue weighted by molar-refractivity contribution is 0.0940. The van der Waals surface area contributed by atoms with Crippen molar-refractivity contribution < 1.29 is 4.79 Å². The monoisotopic (exact) mass is 225 g/mol. The second-order valence-corrected chi connectivity index (χ2v) is 4.60. The molecule has 1 saturated carbocycles. The van der Waals surface area contributed by atoms with Crippen LogP contribution in [0.1, 0.15) is 30.3 Å². The molecule has 0 aromatic carbocycles. The summed E-state index contributed by atoms with van der Waals surface area (Å²) in [4.78, 5) is 19.3. The van der Waals surface area contributed by atoms with Gasteiger partial charge < -0.3 is 5.32 Å². The van der Waals surface area contributed by atoms with E-state index in [4.69, 9.17) is 11.6 Å². The molecule has 0 bridgehead atoms. The van der Waals surface area contributed by atoms with Crippen LogP contribution >= 0.6 is 11.6 Å². The topological polar surface area (TPSA) is 54.9 Å². The number of amides is 1. The molecule has 1 aliphatic carbocycles. The maximum atomic E-state index is 11.6. The summed E-state index contributed by atoms with van der Waals surface area (Å²) >= 11 is 5.57. The van der Waals surface area contributed by atoms with Crippen LogP contribution in [0.3, 0.4) is 0 Å². The largest absolute Gasteiger partial charge is 0.350 e. The summed E-state index contributed by atoms with van der Waals surface area (Å²) in [7, 11) is 0. The predicted molar refractivity (Wildman–Crippen MR) is 56.7 cm³/mol. The maximum Gasteiger partial charge on any atom is 0.271 e. The molecule has 80 valence electrons. The molecule has 1 aromatic heterocycles. The Bertz CT molecular complexity index is 373. The van der Waals surface area contributed by atoms with E-state index in [9.17, 15) is 4.79 Å². The first kappa shape index (κ1) is 10.4. The molecule has 1 heterocycles. The third-order valence-corrected chi connectivity index (χ3v) is 2.83. The minimum atomic E-state index is -0.188. The van der Waals surface area contributed by atoms with E-state index >= 15 is 0 Å². The van der Waals surface area contributed by atoms with Crippen LogP contribution in [0, 0.1) is 5.41 Å². The maximum absolute atomic E-state index is 11.6. The molecule has 2 rings (SSSR count). The van der Waals surface area contributed by atoms with Crippen molar-refractivity contribution in [2.24, 2.45) is 5.41 Å². The van der Waals surface area contributed by atoms with Gasteiger partial charge in [-0.05, 0) is 18.3 Å². The van der Waals surface area contributed by atoms with Gasteiger partial charge in [0.05, 0.1) is 12.4 Å². The van der Waals surface area contributed by atoms with E-state index in [2.05, 4.69) is 22.2 Å². The Labute approximate surface area is 93.1 Å². The Hall–Kier alpha value is -1.16. The number of halogens is 1. The van der Waals surface area contributed by atoms with Crippen molar-refractivity contribution in [1.29, 1.82) is 0 Å². The van der Waals surface area contributed by atoms with Crippen molar-refractivity contribution in [1.82, 2.24) is 15.3 Å². The van der Waals surface area contributed by atoms with Gasteiger partial charge in [0.2, 0.25) is 0 Å². The molecule has 1 N–H and O–H groups in total. The highest BCUT2D eigenvalue weighted by molar-refractivity contribution is 6.29. The van der Waals surface area contributed by atoms with Crippen LogP contribution in [0.5, 0.6) is 0 Å². The molecule has 0 saturated heterocycles. The second kappa shape index (κ2) is 3.77. The van der Waals surface area contributed by atoms with Crippen LogP contribution in [0.15, 0.2) is 12.4 Å². The van der Waals surface area contributed by atoms with Crippen molar-refractivity contribution in [2.45, 2.75) is 19.8 Å². The van der Waals surface area contributed by atoms with E-state index in [1.807, 2.05) is 0 Å². The van der Waals surface area contributed by atoms with E-state index in [-0.39, 0.29) is 5.91 Å². The number of hydrogen-bond acceptors (Lipinski definition) is 3. The van der Waals surface area contributed by atoms with Gasteiger partial charge in [0.1, 0.15) is 10.8 Å². The number of nitrogens with one attached hydrogen (secondary N) is 1. The van der Waals surface area contributed by atoms with E-state index in [0.717, 1.165) is 0 Å². The number of nitrogens with zero attached hydrogens (tertiary/aromatic N) is 2. The molecular weight excluding hydrogens is 214 g/mol. The summed E-state index contributed by atoms with van der Waals surface area (Å²) in [6.45, 7) is 2.86. The molecule has 1 aliphatic rings. The Morgan fingerprint density at radius 3 is 2.80 bits per heavy atom. The Balaban J connectivity index is 1.92. The van der Waals surface area contributed by atoms with E-state index in [1.54, 1.807) is 0 Å². The Morgan fingerprint density at radius 1 is 1.53 bits per heavy atom. The number of hydrogen-bond donors (Lipinski definition) is 1. The van der Waals surface area contributed by atoms with Crippen LogP contribution in [0.4, 0.5) is 0 Å². The third-order valence-electron chi connectivity index (χ3n) is 2.63. The lowest BCUT2D eigenvalue weighted by Crippen LogP contribution is -2.29. The van der Waals surface area contributed by atoms with E-state index in [1.165, 1.54) is 25.2 Å². The molecule has 0 radical (unpaired) electrons. The number of rotatable bonds is 3. The van der Waals surface area contributed by atoms with Gasteiger partial charge in [-0.15, -0.1) is 0 Å². The fourth-order valence-corrected chi connectivity index (χ4v) is 1.30. The highest BCUT2D eigenvalue weighted by Gasteiger charge is 2.37. The zero-order valence-electron chi connectivity index (χ0n) is 8.46. The van der Waals surface area contributed by atoms with Gasteiger partial charge in [-0.2, -0.15) is 0 Å². The molecular formula is C10H12ClN3O. The average molecular weight is 226 g/mol. The molecule has 4 nitrogen and oxygen atoms in total. The lowest BCUT2D eigenvalue weighted by atomic mass is 10.1. The van der Waals surface area contributed by atoms with E-state index in [0.29, 0.717) is 22.8 Å². The zero-order chi connectivity index (χ0) is 10.9. The first-order valence-electron chi connectivity index (χ1n) is 4.85. The minimum Gasteiger partial charge on any atom is -0.350 e. The van der Waals surface area contributed by atoms with Gasteiger partial charge in [-0.25, -0.2) is 9.97 Å². The van der Waals surface area contributed by atoms with Crippen LogP contribution in [0.2, 0.25) is 5.15 Å². The molecule has 0 aliphatic heterocycles. The summed E-state index contributed by atoms with van der Waals surface area (Å²) in [6.07, 6.45) is 5.11. The van der Waals surface area contributed by atoms with Crippen molar-refractivity contribution in [3.63, 3.8) is 0 Å². The number of carbonyl (C=O) groups is 1. The lowest BCUT2D eigenvalue weighted by Gasteiger charge is -2.09. The van der Waals surface area contributed by atoms with Gasteiger partial charge in [0.15, 0.2) is 0 Å². The standard InChI is InChI=1S/C10H12ClN3O/c1-10(2-3-10)6-14-9(15)7-4-13-8(11)5-12-7/h4-5H,2-3,6H2,1H3,(H,14,15). The molecule has 0 spiro atoms. The second-order valence-electron chi connectivity index (χ2n) is 4.22. The van der Waals surface area contributed by atoms with Crippen molar-refractivity contribution in [3.8, 4) is 0 Å². The van der Waals surface area contributed by atoms with Crippen molar-refractivity contribution in [3.05, 3.63) is 23.2 Å². The van der Waals surface area contributed by atoms with Crippen LogP contribution < -0.4 is 5.32 Å². The molecule has 0 unspecified atom stereocenters. The van der Waals surface area contributed by atoms with Crippen molar-refractivity contribution >= 4 is 17.5 Å². The van der Waals surface area contributed by atoms with E-state index < -0.39 is 0 Å². The summed E-state index contributed by atoms with van der Waals surface area (Å²) in [5.41, 5.74) is 0.610. The Morgan fingerprint density at radius 2 is 2.27 bits per heavy atom. The fraction of sp³-hybridized carbons (Fsp3) is 0.500. The highest BCUT2D eigenvalue weighted by Crippen LogP contribution is 2.44. The normalized spacial score (nSPS) is 17.2. The average Bonchev–Trinajstić information content (AvgIpc) is 2.95. The molecule has 0 atom stereocenters. The van der Waals surface area contributed by atoms with Gasteiger partial charge in [-0.3, -0.25) is 4.79 Å². The molecule has 1 fully saturated rings. The van der Waals surface area contributed by atoms with Gasteiger partial charge >= 0.3 is 0 Å². The van der Waals surface area contributed by atoms with Crippen LogP contribution in [0.25, 0.3) is 0 Å². The molecule has 5 heteroatoms. The molecule has 1 amide bonds. The summed E-state index contributed by atoms with van der Waals surface area (Å²) in [5.74, 6) is -0.188. The summed E-state index contributed by atoms with van der Waals surface area (Å²) < 4.78 is 0. The fourth-order valence-electron chi connectivity index (χ4n) is 1.20. The van der Waals surface area contributed by atoms with Gasteiger partial charge in [0.25, 0.3) is 5.91 Å². The van der Waals surface area contributed by atoms with Crippen molar-refractivity contribution in [2.75, 3.05) is 6.54 Å². The van der Waals surface area contributed by atoms with Gasteiger partial charge in [0, 0.05) is 6.54 Å². The first-order chi connectivity index (χ1) is 7.09. The minimum absolute atomic E-state index is 0.188. The quantitative estimate of drug-likeness (QED) is 0.851. The Kier molecular flexibility index (Phi) is 2.61. The third kappa shape index (κ3) is 2.65. The van der Waals surface area contributed by atoms with Crippen LogP contribution in [-0.2, 0) is 0 Å². The zero-order valence-corrected chi connectivity index (χ0v) is 9.21. The SMILES string of the molecule is CC1(CNC(=O)c2cnc(Cl)cn2)CC1.